The molecule has 3 N–H and O–H groups in total. The zero-order valence-corrected chi connectivity index (χ0v) is 18.0. The Bertz CT molecular complexity index is 811. The van der Waals surface area contributed by atoms with E-state index in [0.717, 1.165) is 42.6 Å². The van der Waals surface area contributed by atoms with E-state index in [0.29, 0.717) is 12.3 Å². The van der Waals surface area contributed by atoms with Crippen LogP contribution in [-0.4, -0.2) is 50.0 Å². The third-order valence-electron chi connectivity index (χ3n) is 5.43. The van der Waals surface area contributed by atoms with Crippen molar-refractivity contribution in [1.82, 2.24) is 15.5 Å². The van der Waals surface area contributed by atoms with E-state index in [4.69, 9.17) is 4.42 Å². The minimum absolute atomic E-state index is 0.259. The maximum absolute atomic E-state index is 12.1. The van der Waals surface area contributed by atoms with E-state index < -0.39 is 0 Å². The van der Waals surface area contributed by atoms with Gasteiger partial charge >= 0.3 is 0 Å². The normalized spacial score (nSPS) is 15.7. The molecule has 30 heavy (non-hydrogen) atoms. The second-order valence-electron chi connectivity index (χ2n) is 7.86. The second-order valence-corrected chi connectivity index (χ2v) is 7.86. The van der Waals surface area contributed by atoms with Crippen molar-refractivity contribution in [1.29, 1.82) is 0 Å². The third kappa shape index (κ3) is 6.91. The fourth-order valence-corrected chi connectivity index (χ4v) is 3.56. The molecule has 162 valence electrons. The van der Waals surface area contributed by atoms with Gasteiger partial charge in [0.05, 0.1) is 6.26 Å². The Morgan fingerprint density at radius 3 is 2.77 bits per heavy atom. The number of rotatable bonds is 8. The number of hydrogen-bond acceptors (Lipinski definition) is 4. The van der Waals surface area contributed by atoms with Crippen LogP contribution in [0.5, 0.6) is 0 Å². The Morgan fingerprint density at radius 2 is 2.03 bits per heavy atom. The first-order valence-corrected chi connectivity index (χ1v) is 10.7. The van der Waals surface area contributed by atoms with E-state index >= 15 is 0 Å². The van der Waals surface area contributed by atoms with Crippen LogP contribution in [0.15, 0.2) is 52.1 Å². The van der Waals surface area contributed by atoms with E-state index in [1.807, 2.05) is 24.3 Å². The van der Waals surface area contributed by atoms with Crippen LogP contribution in [0.4, 0.5) is 5.69 Å². The largest absolute Gasteiger partial charge is 0.459 e. The van der Waals surface area contributed by atoms with Gasteiger partial charge in [0.1, 0.15) is 0 Å². The third-order valence-corrected chi connectivity index (χ3v) is 5.43. The standard InChI is InChI=1S/C23H33N5O2/c1-18-9-13-28(14-10-18)12-5-11-25-23(24-2)26-17-19-6-3-7-20(16-19)27-22(29)21-8-4-15-30-21/h3-4,6-8,15-16,18H,5,9-14,17H2,1-2H3,(H,27,29)(H2,24,25,26). The molecule has 1 amide bonds. The van der Waals surface area contributed by atoms with Gasteiger partial charge in [-0.1, -0.05) is 19.1 Å². The highest BCUT2D eigenvalue weighted by molar-refractivity contribution is 6.02. The molecule has 3 rings (SSSR count). The number of carbonyl (C=O) groups excluding carboxylic acids is 1. The molecule has 2 heterocycles. The van der Waals surface area contributed by atoms with Crippen molar-refractivity contribution in [2.45, 2.75) is 32.7 Å². The summed E-state index contributed by atoms with van der Waals surface area (Å²) in [7, 11) is 1.78. The molecule has 0 aliphatic carbocycles. The van der Waals surface area contributed by atoms with Crippen molar-refractivity contribution in [3.63, 3.8) is 0 Å². The summed E-state index contributed by atoms with van der Waals surface area (Å²) >= 11 is 0. The van der Waals surface area contributed by atoms with Gasteiger partial charge in [-0.05, 0) is 74.6 Å². The number of amides is 1. The topological polar surface area (TPSA) is 81.9 Å². The average molecular weight is 412 g/mol. The van der Waals surface area contributed by atoms with Crippen molar-refractivity contribution >= 4 is 17.6 Å². The van der Waals surface area contributed by atoms with Crippen LogP contribution >= 0.6 is 0 Å². The molecule has 1 aromatic heterocycles. The van der Waals surface area contributed by atoms with Crippen molar-refractivity contribution in [3.05, 3.63) is 54.0 Å². The fourth-order valence-electron chi connectivity index (χ4n) is 3.56. The molecule has 0 bridgehead atoms. The summed E-state index contributed by atoms with van der Waals surface area (Å²) in [5, 5.41) is 9.57. The van der Waals surface area contributed by atoms with Gasteiger partial charge in [0.15, 0.2) is 11.7 Å². The molecule has 0 radical (unpaired) electrons. The van der Waals surface area contributed by atoms with E-state index in [2.05, 4.69) is 32.8 Å². The number of aliphatic imine (C=N–C) groups is 1. The van der Waals surface area contributed by atoms with Gasteiger partial charge in [0.25, 0.3) is 5.91 Å². The number of piperidine rings is 1. The van der Waals surface area contributed by atoms with Gasteiger partial charge in [0, 0.05) is 25.8 Å². The smallest absolute Gasteiger partial charge is 0.291 e. The highest BCUT2D eigenvalue weighted by atomic mass is 16.3. The van der Waals surface area contributed by atoms with Gasteiger partial charge in [-0.15, -0.1) is 0 Å². The summed E-state index contributed by atoms with van der Waals surface area (Å²) in [4.78, 5) is 19.0. The Hall–Kier alpha value is -2.80. The van der Waals surface area contributed by atoms with E-state index in [1.165, 1.54) is 32.2 Å². The zero-order chi connectivity index (χ0) is 21.2. The van der Waals surface area contributed by atoms with Crippen LogP contribution in [0.3, 0.4) is 0 Å². The molecule has 1 fully saturated rings. The summed E-state index contributed by atoms with van der Waals surface area (Å²) < 4.78 is 5.13. The zero-order valence-electron chi connectivity index (χ0n) is 18.0. The Labute approximate surface area is 178 Å². The predicted octanol–water partition coefficient (Wildman–Crippen LogP) is 3.32. The van der Waals surface area contributed by atoms with Crippen molar-refractivity contribution in [3.8, 4) is 0 Å². The van der Waals surface area contributed by atoms with Gasteiger partial charge in [-0.2, -0.15) is 0 Å². The molecular formula is C23H33N5O2. The summed E-state index contributed by atoms with van der Waals surface area (Å²) in [6.45, 7) is 7.44. The SMILES string of the molecule is CN=C(NCCCN1CCC(C)CC1)NCc1cccc(NC(=O)c2ccco2)c1. The number of guanidine groups is 1. The number of anilines is 1. The summed E-state index contributed by atoms with van der Waals surface area (Å²) in [6, 6.07) is 11.1. The lowest BCUT2D eigenvalue weighted by molar-refractivity contribution is 0.0996. The van der Waals surface area contributed by atoms with E-state index in [9.17, 15) is 4.79 Å². The number of furan rings is 1. The lowest BCUT2D eigenvalue weighted by Gasteiger charge is -2.30. The average Bonchev–Trinajstić information content (AvgIpc) is 3.30. The predicted molar refractivity (Wildman–Crippen MR) is 121 cm³/mol. The Balaban J connectivity index is 1.38. The van der Waals surface area contributed by atoms with Crippen LogP contribution in [-0.2, 0) is 6.54 Å². The number of hydrogen-bond donors (Lipinski definition) is 3. The number of nitrogens with one attached hydrogen (secondary N) is 3. The van der Waals surface area contributed by atoms with E-state index in [-0.39, 0.29) is 5.91 Å². The minimum Gasteiger partial charge on any atom is -0.459 e. The Kier molecular flexibility index (Phi) is 8.32. The van der Waals surface area contributed by atoms with E-state index in [1.54, 1.807) is 19.2 Å². The molecule has 1 aliphatic heterocycles. The highest BCUT2D eigenvalue weighted by Crippen LogP contribution is 2.16. The first kappa shape index (κ1) is 21.9. The maximum atomic E-state index is 12.1. The number of carbonyl (C=O) groups is 1. The van der Waals surface area contributed by atoms with Crippen LogP contribution in [0.25, 0.3) is 0 Å². The second kappa shape index (κ2) is 11.4. The molecule has 0 atom stereocenters. The molecule has 1 aromatic carbocycles. The van der Waals surface area contributed by atoms with Crippen LogP contribution < -0.4 is 16.0 Å². The maximum Gasteiger partial charge on any atom is 0.291 e. The van der Waals surface area contributed by atoms with Crippen molar-refractivity contribution < 1.29 is 9.21 Å². The molecular weight excluding hydrogens is 378 g/mol. The fraction of sp³-hybridized carbons (Fsp3) is 0.478. The van der Waals surface area contributed by atoms with Crippen molar-refractivity contribution in [2.75, 3.05) is 38.5 Å². The summed E-state index contributed by atoms with van der Waals surface area (Å²) in [6.07, 6.45) is 5.22. The van der Waals surface area contributed by atoms with Gasteiger partial charge < -0.3 is 25.3 Å². The highest BCUT2D eigenvalue weighted by Gasteiger charge is 2.14. The van der Waals surface area contributed by atoms with Gasteiger partial charge in [-0.3, -0.25) is 9.79 Å². The first-order valence-electron chi connectivity index (χ1n) is 10.7. The molecule has 7 nitrogen and oxygen atoms in total. The summed E-state index contributed by atoms with van der Waals surface area (Å²) in [5.74, 6) is 1.69. The quantitative estimate of drug-likeness (QED) is 0.353. The van der Waals surface area contributed by atoms with Gasteiger partial charge in [0.2, 0.25) is 0 Å². The molecule has 1 saturated heterocycles. The molecule has 7 heteroatoms. The molecule has 0 saturated carbocycles. The minimum atomic E-state index is -0.259. The van der Waals surface area contributed by atoms with Gasteiger partial charge in [-0.25, -0.2) is 0 Å². The molecule has 0 spiro atoms. The molecule has 0 unspecified atom stereocenters. The van der Waals surface area contributed by atoms with Crippen LogP contribution in [0.2, 0.25) is 0 Å². The number of likely N-dealkylation sites (tertiary alicyclic amines) is 1. The number of nitrogens with zero attached hydrogens (tertiary/aromatic N) is 2. The summed E-state index contributed by atoms with van der Waals surface area (Å²) in [5.41, 5.74) is 1.78. The lowest BCUT2D eigenvalue weighted by Crippen LogP contribution is -2.39. The lowest BCUT2D eigenvalue weighted by atomic mass is 9.99. The first-order chi connectivity index (χ1) is 14.6. The molecule has 1 aliphatic rings. The van der Waals surface area contributed by atoms with Crippen LogP contribution in [0, 0.1) is 5.92 Å². The Morgan fingerprint density at radius 1 is 1.20 bits per heavy atom. The van der Waals surface area contributed by atoms with Crippen molar-refractivity contribution in [2.24, 2.45) is 10.9 Å². The molecule has 2 aromatic rings. The monoisotopic (exact) mass is 411 g/mol. The number of benzene rings is 1. The van der Waals surface area contributed by atoms with Crippen LogP contribution in [0.1, 0.15) is 42.3 Å².